The van der Waals surface area contributed by atoms with Gasteiger partial charge in [-0.3, -0.25) is 0 Å². The third-order valence-corrected chi connectivity index (χ3v) is 2.34. The van der Waals surface area contributed by atoms with Crippen LogP contribution in [-0.4, -0.2) is 43.2 Å². The number of aliphatic imine (C=N–C) groups is 1. The number of carbonyl (C=O) groups excluding carboxylic acids is 2. The first-order chi connectivity index (χ1) is 9.20. The summed E-state index contributed by atoms with van der Waals surface area (Å²) in [5.74, 6) is -0.504. The van der Waals surface area contributed by atoms with Crippen LogP contribution in [0.5, 0.6) is 0 Å². The zero-order valence-corrected chi connectivity index (χ0v) is 11.0. The van der Waals surface area contributed by atoms with Gasteiger partial charge in [0, 0.05) is 6.08 Å². The third-order valence-electron chi connectivity index (χ3n) is 2.34. The first-order valence-electron chi connectivity index (χ1n) is 6.33. The average molecular weight is 271 g/mol. The maximum Gasteiger partial charge on any atom is 0.330 e. The van der Waals surface area contributed by atoms with Crippen molar-refractivity contribution < 1.29 is 24.2 Å². The Hall–Kier alpha value is -1.49. The maximum absolute atomic E-state index is 10.7. The fourth-order valence-electron chi connectivity index (χ4n) is 1.38. The smallest absolute Gasteiger partial charge is 0.330 e. The predicted octanol–water partition coefficient (Wildman–Crippen LogP) is 1.34. The Morgan fingerprint density at radius 2 is 2.05 bits per heavy atom. The second kappa shape index (κ2) is 13.0. The van der Waals surface area contributed by atoms with Crippen molar-refractivity contribution >= 4 is 12.0 Å². The molecule has 0 aromatic heterocycles. The molecule has 0 saturated carbocycles. The molecule has 1 N–H and O–H groups in total. The standard InChI is InChI=1S/C13H21NO5/c1-2-12(16)18-9-10-19-13(17)7-5-3-4-6-8-14-11-15/h2,13,17H,1,3-10H2. The molecule has 1 atom stereocenters. The van der Waals surface area contributed by atoms with Gasteiger partial charge in [-0.2, -0.15) is 0 Å². The van der Waals surface area contributed by atoms with Crippen molar-refractivity contribution in [3.05, 3.63) is 12.7 Å². The highest BCUT2D eigenvalue weighted by Crippen LogP contribution is 2.06. The van der Waals surface area contributed by atoms with Gasteiger partial charge in [-0.15, -0.1) is 0 Å². The second-order valence-corrected chi connectivity index (χ2v) is 3.87. The van der Waals surface area contributed by atoms with E-state index < -0.39 is 12.3 Å². The van der Waals surface area contributed by atoms with E-state index in [-0.39, 0.29) is 13.2 Å². The summed E-state index contributed by atoms with van der Waals surface area (Å²) in [5, 5.41) is 9.46. The summed E-state index contributed by atoms with van der Waals surface area (Å²) >= 11 is 0. The number of ether oxygens (including phenoxy) is 2. The van der Waals surface area contributed by atoms with Crippen molar-refractivity contribution in [1.82, 2.24) is 0 Å². The number of hydrogen-bond donors (Lipinski definition) is 1. The van der Waals surface area contributed by atoms with Crippen molar-refractivity contribution in [2.24, 2.45) is 4.99 Å². The molecule has 6 heteroatoms. The predicted molar refractivity (Wildman–Crippen MR) is 69.2 cm³/mol. The molecule has 0 aliphatic rings. The van der Waals surface area contributed by atoms with Crippen LogP contribution < -0.4 is 0 Å². The molecule has 0 heterocycles. The fraction of sp³-hybridized carbons (Fsp3) is 0.692. The molecular weight excluding hydrogens is 250 g/mol. The molecule has 108 valence electrons. The summed E-state index contributed by atoms with van der Waals surface area (Å²) < 4.78 is 9.74. The molecule has 0 fully saturated rings. The molecule has 19 heavy (non-hydrogen) atoms. The van der Waals surface area contributed by atoms with Crippen LogP contribution in [0.4, 0.5) is 0 Å². The SMILES string of the molecule is C=CC(=O)OCCOC(O)CCCCCCN=C=O. The van der Waals surface area contributed by atoms with E-state index in [1.54, 1.807) is 0 Å². The van der Waals surface area contributed by atoms with Crippen LogP contribution in [0.15, 0.2) is 17.6 Å². The van der Waals surface area contributed by atoms with Crippen LogP contribution in [0.25, 0.3) is 0 Å². The van der Waals surface area contributed by atoms with E-state index in [1.807, 2.05) is 0 Å². The molecule has 0 amide bonds. The molecule has 0 bridgehead atoms. The van der Waals surface area contributed by atoms with Crippen molar-refractivity contribution in [1.29, 1.82) is 0 Å². The molecule has 0 aliphatic carbocycles. The first kappa shape index (κ1) is 17.5. The zero-order valence-electron chi connectivity index (χ0n) is 11.0. The normalized spacial score (nSPS) is 11.4. The highest BCUT2D eigenvalue weighted by atomic mass is 16.6. The van der Waals surface area contributed by atoms with Gasteiger partial charge in [-0.1, -0.05) is 19.4 Å². The van der Waals surface area contributed by atoms with E-state index in [1.165, 1.54) is 6.08 Å². The molecule has 0 aliphatic heterocycles. The number of unbranched alkanes of at least 4 members (excludes halogenated alkanes) is 3. The molecule has 0 saturated heterocycles. The number of aliphatic hydroxyl groups is 1. The van der Waals surface area contributed by atoms with Gasteiger partial charge >= 0.3 is 5.97 Å². The van der Waals surface area contributed by atoms with E-state index in [0.717, 1.165) is 31.8 Å². The lowest BCUT2D eigenvalue weighted by molar-refractivity contribution is -0.146. The molecule has 0 aromatic rings. The van der Waals surface area contributed by atoms with Crippen LogP contribution in [0.1, 0.15) is 32.1 Å². The van der Waals surface area contributed by atoms with Gasteiger partial charge in [0.25, 0.3) is 0 Å². The Bertz CT molecular complexity index is 299. The van der Waals surface area contributed by atoms with Crippen LogP contribution >= 0.6 is 0 Å². The van der Waals surface area contributed by atoms with Gasteiger partial charge in [-0.25, -0.2) is 14.6 Å². The maximum atomic E-state index is 10.7. The van der Waals surface area contributed by atoms with Crippen molar-refractivity contribution in [2.45, 2.75) is 38.4 Å². The third kappa shape index (κ3) is 12.8. The Morgan fingerprint density at radius 3 is 2.74 bits per heavy atom. The number of carbonyl (C=O) groups is 1. The molecule has 0 spiro atoms. The minimum atomic E-state index is -0.838. The average Bonchev–Trinajstić information content (AvgIpc) is 2.42. The number of nitrogens with zero attached hydrogens (tertiary/aromatic N) is 1. The van der Waals surface area contributed by atoms with Crippen LogP contribution in [0, 0.1) is 0 Å². The Morgan fingerprint density at radius 1 is 1.32 bits per heavy atom. The van der Waals surface area contributed by atoms with Gasteiger partial charge in [0.05, 0.1) is 13.2 Å². The van der Waals surface area contributed by atoms with Gasteiger partial charge in [-0.05, 0) is 19.3 Å². The zero-order chi connectivity index (χ0) is 14.3. The Labute approximate surface area is 113 Å². The lowest BCUT2D eigenvalue weighted by atomic mass is 10.1. The summed E-state index contributed by atoms with van der Waals surface area (Å²) in [6, 6.07) is 0. The highest BCUT2D eigenvalue weighted by molar-refractivity contribution is 5.81. The van der Waals surface area contributed by atoms with E-state index in [2.05, 4.69) is 16.3 Å². The number of rotatable bonds is 12. The largest absolute Gasteiger partial charge is 0.460 e. The quantitative estimate of drug-likeness (QED) is 0.144. The van der Waals surface area contributed by atoms with E-state index in [9.17, 15) is 14.7 Å². The summed E-state index contributed by atoms with van der Waals surface area (Å²) in [4.78, 5) is 23.9. The highest BCUT2D eigenvalue weighted by Gasteiger charge is 2.04. The van der Waals surface area contributed by atoms with Gasteiger partial charge in [0.1, 0.15) is 6.61 Å². The molecule has 0 rings (SSSR count). The molecule has 0 aromatic carbocycles. The summed E-state index contributed by atoms with van der Waals surface area (Å²) in [6.45, 7) is 4.03. The van der Waals surface area contributed by atoms with Gasteiger partial charge in [0.2, 0.25) is 6.08 Å². The molecule has 1 unspecified atom stereocenters. The summed E-state index contributed by atoms with van der Waals surface area (Å²) in [5.41, 5.74) is 0. The number of aliphatic hydroxyl groups excluding tert-OH is 1. The number of isocyanates is 1. The number of hydrogen-bond acceptors (Lipinski definition) is 6. The second-order valence-electron chi connectivity index (χ2n) is 3.87. The minimum absolute atomic E-state index is 0.103. The minimum Gasteiger partial charge on any atom is -0.460 e. The Balaban J connectivity index is 3.29. The van der Waals surface area contributed by atoms with E-state index in [0.29, 0.717) is 13.0 Å². The Kier molecular flexibility index (Phi) is 11.9. The lowest BCUT2D eigenvalue weighted by Gasteiger charge is -2.11. The molecule has 0 radical (unpaired) electrons. The topological polar surface area (TPSA) is 85.2 Å². The first-order valence-corrected chi connectivity index (χ1v) is 6.33. The van der Waals surface area contributed by atoms with Crippen molar-refractivity contribution in [3.63, 3.8) is 0 Å². The summed E-state index contributed by atoms with van der Waals surface area (Å²) in [7, 11) is 0. The fourth-order valence-corrected chi connectivity index (χ4v) is 1.38. The molecular formula is C13H21NO5. The summed E-state index contributed by atoms with van der Waals surface area (Å²) in [6.07, 6.45) is 5.84. The van der Waals surface area contributed by atoms with Crippen molar-refractivity contribution in [2.75, 3.05) is 19.8 Å². The van der Waals surface area contributed by atoms with E-state index >= 15 is 0 Å². The number of esters is 1. The van der Waals surface area contributed by atoms with Crippen LogP contribution in [-0.2, 0) is 19.1 Å². The van der Waals surface area contributed by atoms with Gasteiger partial charge < -0.3 is 14.6 Å². The van der Waals surface area contributed by atoms with Gasteiger partial charge in [0.15, 0.2) is 6.29 Å². The van der Waals surface area contributed by atoms with Crippen LogP contribution in [0.2, 0.25) is 0 Å². The lowest BCUT2D eigenvalue weighted by Crippen LogP contribution is -2.16. The molecule has 6 nitrogen and oxygen atoms in total. The monoisotopic (exact) mass is 271 g/mol. The van der Waals surface area contributed by atoms with Crippen molar-refractivity contribution in [3.8, 4) is 0 Å². The van der Waals surface area contributed by atoms with E-state index in [4.69, 9.17) is 4.74 Å². The van der Waals surface area contributed by atoms with Crippen LogP contribution in [0.3, 0.4) is 0 Å².